The highest BCUT2D eigenvalue weighted by Crippen LogP contribution is 2.21. The summed E-state index contributed by atoms with van der Waals surface area (Å²) in [5.74, 6) is 0. The normalized spacial score (nSPS) is 11.7. The molecule has 0 aromatic carbocycles. The second kappa shape index (κ2) is 6.35. The number of nitrogens with two attached hydrogens (primary N) is 1. The van der Waals surface area contributed by atoms with Crippen LogP contribution in [0.3, 0.4) is 0 Å². The smallest absolute Gasteiger partial charge is 0.262 e. The molecule has 0 fully saturated rings. The van der Waals surface area contributed by atoms with Crippen molar-refractivity contribution in [1.29, 1.82) is 0 Å². The quantitative estimate of drug-likeness (QED) is 0.789. The van der Waals surface area contributed by atoms with E-state index in [1.54, 1.807) is 29.4 Å². The standard InChI is InChI=1S/C11H16N4O3S2/c1-18-3-2-15-7-9(6-13-15)14-20(16,17)11-4-10(5-12)19-8-11/h4,6-8,14H,2-3,5,12H2,1H3. The molecular formula is C11H16N4O3S2. The number of nitrogens with zero attached hydrogens (tertiary/aromatic N) is 2. The summed E-state index contributed by atoms with van der Waals surface area (Å²) in [7, 11) is -1.99. The highest BCUT2D eigenvalue weighted by Gasteiger charge is 2.16. The summed E-state index contributed by atoms with van der Waals surface area (Å²) in [6.07, 6.45) is 3.08. The highest BCUT2D eigenvalue weighted by molar-refractivity contribution is 7.92. The lowest BCUT2D eigenvalue weighted by atomic mass is 10.5. The molecule has 0 saturated heterocycles. The average Bonchev–Trinajstić information content (AvgIpc) is 3.04. The summed E-state index contributed by atoms with van der Waals surface area (Å²) in [6.45, 7) is 1.40. The first kappa shape index (κ1) is 15.0. The van der Waals surface area contributed by atoms with Crippen molar-refractivity contribution < 1.29 is 13.2 Å². The number of ether oxygens (including phenoxy) is 1. The average molecular weight is 316 g/mol. The molecule has 0 bridgehead atoms. The Balaban J connectivity index is 2.09. The molecule has 7 nitrogen and oxygen atoms in total. The Hall–Kier alpha value is -1.42. The second-order valence-electron chi connectivity index (χ2n) is 4.04. The Morgan fingerprint density at radius 2 is 2.35 bits per heavy atom. The van der Waals surface area contributed by atoms with E-state index in [1.165, 1.54) is 17.5 Å². The monoisotopic (exact) mass is 316 g/mol. The van der Waals surface area contributed by atoms with Crippen molar-refractivity contribution in [3.63, 3.8) is 0 Å². The van der Waals surface area contributed by atoms with E-state index in [9.17, 15) is 8.42 Å². The van der Waals surface area contributed by atoms with Gasteiger partial charge >= 0.3 is 0 Å². The van der Waals surface area contributed by atoms with E-state index < -0.39 is 10.0 Å². The molecule has 0 saturated carbocycles. The van der Waals surface area contributed by atoms with Crippen LogP contribution in [0.25, 0.3) is 0 Å². The predicted octanol–water partition coefficient (Wildman–Crippen LogP) is 0.851. The van der Waals surface area contributed by atoms with Crippen LogP contribution in [0.5, 0.6) is 0 Å². The van der Waals surface area contributed by atoms with E-state index in [2.05, 4.69) is 9.82 Å². The number of methoxy groups -OCH3 is 1. The molecule has 2 heterocycles. The summed E-state index contributed by atoms with van der Waals surface area (Å²) in [6, 6.07) is 1.57. The zero-order valence-electron chi connectivity index (χ0n) is 10.9. The number of thiophene rings is 1. The molecule has 2 aromatic heterocycles. The summed E-state index contributed by atoms with van der Waals surface area (Å²) in [5, 5.41) is 5.61. The molecular weight excluding hydrogens is 300 g/mol. The van der Waals surface area contributed by atoms with Gasteiger partial charge in [0.2, 0.25) is 0 Å². The number of hydrogen-bond acceptors (Lipinski definition) is 6. The Morgan fingerprint density at radius 1 is 1.55 bits per heavy atom. The molecule has 0 radical (unpaired) electrons. The molecule has 110 valence electrons. The largest absolute Gasteiger partial charge is 0.383 e. The molecule has 3 N–H and O–H groups in total. The number of rotatable bonds is 7. The van der Waals surface area contributed by atoms with Crippen molar-refractivity contribution >= 4 is 27.0 Å². The van der Waals surface area contributed by atoms with Crippen molar-refractivity contribution in [2.24, 2.45) is 5.73 Å². The minimum Gasteiger partial charge on any atom is -0.383 e. The molecule has 9 heteroatoms. The summed E-state index contributed by atoms with van der Waals surface area (Å²) in [4.78, 5) is 1.04. The van der Waals surface area contributed by atoms with E-state index in [1.807, 2.05) is 0 Å². The van der Waals surface area contributed by atoms with Crippen LogP contribution in [0.2, 0.25) is 0 Å². The molecule has 0 spiro atoms. The number of aromatic nitrogens is 2. The molecule has 0 atom stereocenters. The molecule has 0 aliphatic heterocycles. The first-order valence-electron chi connectivity index (χ1n) is 5.87. The van der Waals surface area contributed by atoms with Gasteiger partial charge in [-0.25, -0.2) is 8.42 Å². The molecule has 0 aliphatic rings. The van der Waals surface area contributed by atoms with Crippen molar-refractivity contribution in [2.45, 2.75) is 18.0 Å². The minimum absolute atomic E-state index is 0.215. The van der Waals surface area contributed by atoms with E-state index in [0.29, 0.717) is 25.4 Å². The van der Waals surface area contributed by atoms with Gasteiger partial charge in [0.15, 0.2) is 0 Å². The number of hydrogen-bond donors (Lipinski definition) is 2. The summed E-state index contributed by atoms with van der Waals surface area (Å²) >= 11 is 1.32. The fourth-order valence-electron chi connectivity index (χ4n) is 1.55. The van der Waals surface area contributed by atoms with Gasteiger partial charge in [0.05, 0.1) is 29.9 Å². The molecule has 0 unspecified atom stereocenters. The van der Waals surface area contributed by atoms with Crippen LogP contribution in [0, 0.1) is 0 Å². The van der Waals surface area contributed by atoms with Gasteiger partial charge in [0.25, 0.3) is 10.0 Å². The van der Waals surface area contributed by atoms with E-state index in [0.717, 1.165) is 4.88 Å². The van der Waals surface area contributed by atoms with Gasteiger partial charge in [-0.1, -0.05) is 0 Å². The van der Waals surface area contributed by atoms with Gasteiger partial charge < -0.3 is 10.5 Å². The van der Waals surface area contributed by atoms with E-state index >= 15 is 0 Å². The van der Waals surface area contributed by atoms with Gasteiger partial charge in [0.1, 0.15) is 0 Å². The molecule has 0 aliphatic carbocycles. The van der Waals surface area contributed by atoms with Gasteiger partial charge in [-0.2, -0.15) is 5.10 Å². The fourth-order valence-corrected chi connectivity index (χ4v) is 3.73. The topological polar surface area (TPSA) is 99.2 Å². The number of anilines is 1. The highest BCUT2D eigenvalue weighted by atomic mass is 32.2. The first-order valence-corrected chi connectivity index (χ1v) is 8.23. The zero-order valence-corrected chi connectivity index (χ0v) is 12.6. The summed E-state index contributed by atoms with van der Waals surface area (Å²) < 4.78 is 33.3. The van der Waals surface area contributed by atoms with Crippen LogP contribution in [0.1, 0.15) is 4.88 Å². The van der Waals surface area contributed by atoms with Gasteiger partial charge in [-0.05, 0) is 6.07 Å². The van der Waals surface area contributed by atoms with Crippen LogP contribution in [-0.2, 0) is 27.8 Å². The Morgan fingerprint density at radius 3 is 3.00 bits per heavy atom. The lowest BCUT2D eigenvalue weighted by Crippen LogP contribution is -2.11. The third kappa shape index (κ3) is 3.57. The minimum atomic E-state index is -3.59. The van der Waals surface area contributed by atoms with Gasteiger partial charge in [0, 0.05) is 30.1 Å². The van der Waals surface area contributed by atoms with E-state index in [4.69, 9.17) is 10.5 Å². The van der Waals surface area contributed by atoms with Gasteiger partial charge in [-0.3, -0.25) is 9.40 Å². The van der Waals surface area contributed by atoms with Crippen LogP contribution in [0.4, 0.5) is 5.69 Å². The maximum atomic E-state index is 12.1. The van der Waals surface area contributed by atoms with Crippen LogP contribution in [-0.4, -0.2) is 31.9 Å². The van der Waals surface area contributed by atoms with Crippen LogP contribution < -0.4 is 10.5 Å². The van der Waals surface area contributed by atoms with Crippen molar-refractivity contribution in [1.82, 2.24) is 9.78 Å². The van der Waals surface area contributed by atoms with Crippen molar-refractivity contribution in [3.05, 3.63) is 28.7 Å². The molecule has 20 heavy (non-hydrogen) atoms. The van der Waals surface area contributed by atoms with Crippen LogP contribution in [0.15, 0.2) is 28.7 Å². The van der Waals surface area contributed by atoms with Crippen LogP contribution >= 0.6 is 11.3 Å². The maximum Gasteiger partial charge on any atom is 0.262 e. The SMILES string of the molecule is COCCn1cc(NS(=O)(=O)c2csc(CN)c2)cn1. The lowest BCUT2D eigenvalue weighted by molar-refractivity contribution is 0.183. The third-order valence-electron chi connectivity index (χ3n) is 2.55. The Labute approximate surface area is 121 Å². The molecule has 2 rings (SSSR count). The maximum absolute atomic E-state index is 12.1. The van der Waals surface area contributed by atoms with E-state index in [-0.39, 0.29) is 4.90 Å². The summed E-state index contributed by atoms with van der Waals surface area (Å²) in [5.41, 5.74) is 5.90. The van der Waals surface area contributed by atoms with Crippen molar-refractivity contribution in [3.8, 4) is 0 Å². The molecule has 2 aromatic rings. The number of nitrogens with one attached hydrogen (secondary N) is 1. The third-order valence-corrected chi connectivity index (χ3v) is 5.02. The fraction of sp³-hybridized carbons (Fsp3) is 0.364. The second-order valence-corrected chi connectivity index (χ2v) is 6.72. The van der Waals surface area contributed by atoms with Gasteiger partial charge in [-0.15, -0.1) is 11.3 Å². The van der Waals surface area contributed by atoms with Crippen molar-refractivity contribution in [2.75, 3.05) is 18.4 Å². The molecule has 0 amide bonds. The zero-order chi connectivity index (χ0) is 14.6. The Bertz CT molecular complexity index is 663. The number of sulfonamides is 1. The Kier molecular flexibility index (Phi) is 4.76. The lowest BCUT2D eigenvalue weighted by Gasteiger charge is -2.03. The first-order chi connectivity index (χ1) is 9.55. The predicted molar refractivity (Wildman–Crippen MR) is 77.1 cm³/mol.